The van der Waals surface area contributed by atoms with Gasteiger partial charge in [-0.05, 0) is 31.2 Å². The molecule has 2 fully saturated rings. The van der Waals surface area contributed by atoms with Crippen LogP contribution in [0.25, 0.3) is 0 Å². The van der Waals surface area contributed by atoms with Gasteiger partial charge in [-0.2, -0.15) is 0 Å². The van der Waals surface area contributed by atoms with Crippen LogP contribution in [-0.2, 0) is 6.54 Å². The Labute approximate surface area is 166 Å². The van der Waals surface area contributed by atoms with E-state index in [-0.39, 0.29) is 34.6 Å². The molecule has 0 radical (unpaired) electrons. The molecule has 3 rings (SSSR count). The molecule has 138 valence electrons. The van der Waals surface area contributed by atoms with E-state index >= 15 is 0 Å². The molecule has 1 aromatic carbocycles. The molecule has 0 bridgehead atoms. The van der Waals surface area contributed by atoms with Crippen LogP contribution < -0.4 is 5.32 Å². The zero-order valence-corrected chi connectivity index (χ0v) is 16.9. The smallest absolute Gasteiger partial charge is 0.269 e. The Kier molecular flexibility index (Phi) is 7.92. The van der Waals surface area contributed by atoms with Gasteiger partial charge in [0.15, 0.2) is 5.96 Å². The highest BCUT2D eigenvalue weighted by Crippen LogP contribution is 2.19. The van der Waals surface area contributed by atoms with Crippen LogP contribution in [0.3, 0.4) is 0 Å². The molecule has 1 aromatic rings. The van der Waals surface area contributed by atoms with Crippen LogP contribution in [0.2, 0.25) is 0 Å². The van der Waals surface area contributed by atoms with Crippen molar-refractivity contribution in [3.8, 4) is 0 Å². The first-order valence-electron chi connectivity index (χ1n) is 9.01. The number of nitro groups is 1. The van der Waals surface area contributed by atoms with E-state index in [9.17, 15) is 10.1 Å². The maximum Gasteiger partial charge on any atom is 0.269 e. The van der Waals surface area contributed by atoms with Crippen molar-refractivity contribution in [2.75, 3.05) is 13.1 Å². The van der Waals surface area contributed by atoms with Crippen LogP contribution in [0.5, 0.6) is 0 Å². The zero-order chi connectivity index (χ0) is 16.8. The lowest BCUT2D eigenvalue weighted by Gasteiger charge is -2.29. The number of aliphatic imine (C=N–C) groups is 1. The average molecular weight is 458 g/mol. The molecule has 2 aliphatic rings. The number of nitrogens with zero attached hydrogens (tertiary/aromatic N) is 3. The van der Waals surface area contributed by atoms with E-state index < -0.39 is 0 Å². The molecule has 7 heteroatoms. The summed E-state index contributed by atoms with van der Waals surface area (Å²) in [6.45, 7) is 2.70. The lowest BCUT2D eigenvalue weighted by atomic mass is 9.96. The Morgan fingerprint density at radius 1 is 1.12 bits per heavy atom. The van der Waals surface area contributed by atoms with Crippen molar-refractivity contribution in [3.05, 3.63) is 39.9 Å². The summed E-state index contributed by atoms with van der Waals surface area (Å²) in [6, 6.07) is 7.23. The van der Waals surface area contributed by atoms with Gasteiger partial charge in [0.1, 0.15) is 0 Å². The number of halogens is 1. The fourth-order valence-corrected chi connectivity index (χ4v) is 3.48. The second-order valence-electron chi connectivity index (χ2n) is 6.74. The van der Waals surface area contributed by atoms with Gasteiger partial charge >= 0.3 is 0 Å². The number of likely N-dealkylation sites (tertiary alicyclic amines) is 1. The van der Waals surface area contributed by atoms with Crippen LogP contribution in [0.4, 0.5) is 5.69 Å². The van der Waals surface area contributed by atoms with E-state index in [4.69, 9.17) is 4.99 Å². The van der Waals surface area contributed by atoms with Crippen molar-refractivity contribution in [3.63, 3.8) is 0 Å². The molecule has 1 aliphatic carbocycles. The monoisotopic (exact) mass is 458 g/mol. The summed E-state index contributed by atoms with van der Waals surface area (Å²) >= 11 is 0. The molecule has 1 heterocycles. The van der Waals surface area contributed by atoms with E-state index in [1.807, 2.05) is 0 Å². The highest BCUT2D eigenvalue weighted by molar-refractivity contribution is 14.0. The largest absolute Gasteiger partial charge is 0.353 e. The average Bonchev–Trinajstić information content (AvgIpc) is 3.14. The van der Waals surface area contributed by atoms with E-state index in [0.717, 1.165) is 24.6 Å². The second kappa shape index (κ2) is 9.94. The molecule has 1 saturated heterocycles. The highest BCUT2D eigenvalue weighted by Gasteiger charge is 2.20. The maximum atomic E-state index is 10.7. The van der Waals surface area contributed by atoms with Gasteiger partial charge in [-0.25, -0.2) is 4.99 Å². The van der Waals surface area contributed by atoms with Crippen molar-refractivity contribution in [1.82, 2.24) is 10.2 Å². The van der Waals surface area contributed by atoms with Gasteiger partial charge in [-0.3, -0.25) is 10.1 Å². The quantitative estimate of drug-likeness (QED) is 0.243. The molecule has 0 amide bonds. The molecule has 0 spiro atoms. The first kappa shape index (κ1) is 19.9. The van der Waals surface area contributed by atoms with E-state index in [0.29, 0.717) is 12.6 Å². The third-order valence-corrected chi connectivity index (χ3v) is 4.90. The van der Waals surface area contributed by atoms with Crippen LogP contribution in [-0.4, -0.2) is 34.9 Å². The number of guanidine groups is 1. The van der Waals surface area contributed by atoms with Crippen molar-refractivity contribution >= 4 is 35.6 Å². The number of hydrogen-bond acceptors (Lipinski definition) is 3. The molecule has 1 N–H and O–H groups in total. The van der Waals surface area contributed by atoms with Crippen molar-refractivity contribution < 1.29 is 4.92 Å². The molecular formula is C18H27IN4O2. The second-order valence-corrected chi connectivity index (χ2v) is 6.74. The number of non-ortho nitro benzene ring substituents is 1. The SMILES string of the molecule is I.O=[N+]([O-])c1ccc(CN=C(NC2CCCCC2)N2CCCC2)cc1. The van der Waals surface area contributed by atoms with Crippen LogP contribution in [0.15, 0.2) is 29.3 Å². The van der Waals surface area contributed by atoms with Crippen molar-refractivity contribution in [2.45, 2.75) is 57.5 Å². The molecule has 0 atom stereocenters. The Bertz CT molecular complexity index is 579. The van der Waals surface area contributed by atoms with Gasteiger partial charge in [0.05, 0.1) is 11.5 Å². The number of hydrogen-bond donors (Lipinski definition) is 1. The third-order valence-electron chi connectivity index (χ3n) is 4.90. The van der Waals surface area contributed by atoms with Crippen LogP contribution in [0.1, 0.15) is 50.5 Å². The minimum Gasteiger partial charge on any atom is -0.353 e. The Morgan fingerprint density at radius 3 is 2.36 bits per heavy atom. The number of benzene rings is 1. The normalized spacial score (nSPS) is 18.7. The number of rotatable bonds is 4. The van der Waals surface area contributed by atoms with Gasteiger partial charge in [0.2, 0.25) is 0 Å². The number of nitrogens with one attached hydrogen (secondary N) is 1. The van der Waals surface area contributed by atoms with E-state index in [1.54, 1.807) is 24.3 Å². The summed E-state index contributed by atoms with van der Waals surface area (Å²) in [5.41, 5.74) is 1.13. The van der Waals surface area contributed by atoms with Crippen molar-refractivity contribution in [1.29, 1.82) is 0 Å². The topological polar surface area (TPSA) is 70.8 Å². The summed E-state index contributed by atoms with van der Waals surface area (Å²) in [7, 11) is 0. The van der Waals surface area contributed by atoms with Gasteiger partial charge in [0, 0.05) is 31.3 Å². The summed E-state index contributed by atoms with van der Waals surface area (Å²) in [6.07, 6.45) is 8.85. The minimum absolute atomic E-state index is 0. The van der Waals surface area contributed by atoms with E-state index in [1.165, 1.54) is 44.9 Å². The van der Waals surface area contributed by atoms with Crippen LogP contribution in [0, 0.1) is 10.1 Å². The predicted molar refractivity (Wildman–Crippen MR) is 110 cm³/mol. The summed E-state index contributed by atoms with van der Waals surface area (Å²) in [4.78, 5) is 17.5. The molecule has 1 aliphatic heterocycles. The maximum absolute atomic E-state index is 10.7. The Hall–Kier alpha value is -1.38. The van der Waals surface area contributed by atoms with Gasteiger partial charge in [-0.1, -0.05) is 31.4 Å². The summed E-state index contributed by atoms with van der Waals surface area (Å²) < 4.78 is 0. The van der Waals surface area contributed by atoms with E-state index in [2.05, 4.69) is 10.2 Å². The Balaban J connectivity index is 0.00000225. The summed E-state index contributed by atoms with van der Waals surface area (Å²) in [5.74, 6) is 1.01. The standard InChI is InChI=1S/C18H26N4O2.HI/c23-22(24)17-10-8-15(9-11-17)14-19-18(21-12-4-5-13-21)20-16-6-2-1-3-7-16;/h8-11,16H,1-7,12-14H2,(H,19,20);1H. The number of nitro benzene ring substituents is 1. The van der Waals surface area contributed by atoms with Crippen LogP contribution >= 0.6 is 24.0 Å². The van der Waals surface area contributed by atoms with Gasteiger partial charge in [-0.15, -0.1) is 24.0 Å². The molecular weight excluding hydrogens is 431 g/mol. The molecule has 25 heavy (non-hydrogen) atoms. The molecule has 0 unspecified atom stereocenters. The van der Waals surface area contributed by atoms with Gasteiger partial charge in [0.25, 0.3) is 5.69 Å². The Morgan fingerprint density at radius 2 is 1.76 bits per heavy atom. The zero-order valence-electron chi connectivity index (χ0n) is 14.5. The van der Waals surface area contributed by atoms with Crippen molar-refractivity contribution in [2.24, 2.45) is 4.99 Å². The molecule has 6 nitrogen and oxygen atoms in total. The lowest BCUT2D eigenvalue weighted by Crippen LogP contribution is -2.45. The summed E-state index contributed by atoms with van der Waals surface area (Å²) in [5, 5.41) is 14.4. The first-order valence-corrected chi connectivity index (χ1v) is 9.01. The predicted octanol–water partition coefficient (Wildman–Crippen LogP) is 4.09. The fourth-order valence-electron chi connectivity index (χ4n) is 3.48. The third kappa shape index (κ3) is 5.83. The first-order chi connectivity index (χ1) is 11.7. The highest BCUT2D eigenvalue weighted by atomic mass is 127. The molecule has 1 saturated carbocycles. The van der Waals surface area contributed by atoms with Gasteiger partial charge < -0.3 is 10.2 Å². The lowest BCUT2D eigenvalue weighted by molar-refractivity contribution is -0.384. The minimum atomic E-state index is -0.368. The fraction of sp³-hybridized carbons (Fsp3) is 0.611. The molecule has 0 aromatic heterocycles.